The maximum atomic E-state index is 13.1. The highest BCUT2D eigenvalue weighted by atomic mass is 32.2. The van der Waals surface area contributed by atoms with Crippen LogP contribution in [0.1, 0.15) is 71.7 Å². The molecule has 2 heterocycles. The van der Waals surface area contributed by atoms with E-state index < -0.39 is 0 Å². The van der Waals surface area contributed by atoms with Gasteiger partial charge in [0.25, 0.3) is 0 Å². The van der Waals surface area contributed by atoms with Crippen molar-refractivity contribution in [3.05, 3.63) is 52.2 Å². The standard InChI is InChI=1S/C26H31N3O2S/c27-15-22-21-11-3-4-12-23(21)29(16-19-9-6-14-31-19)26(22)28-25(30)17-32-24-13-5-8-18-7-1-2-10-20(18)24/h1-2,7,10,19,24H,3-6,8-9,11-14,16-17H2,(H,28,30). The zero-order valence-corrected chi connectivity index (χ0v) is 19.4. The summed E-state index contributed by atoms with van der Waals surface area (Å²) in [5.41, 5.74) is 5.83. The maximum Gasteiger partial charge on any atom is 0.235 e. The van der Waals surface area contributed by atoms with Gasteiger partial charge in [-0.15, -0.1) is 11.8 Å². The molecule has 1 aromatic heterocycles. The van der Waals surface area contributed by atoms with Crippen molar-refractivity contribution in [1.29, 1.82) is 5.26 Å². The van der Waals surface area contributed by atoms with E-state index in [2.05, 4.69) is 40.2 Å². The molecule has 5 nitrogen and oxygen atoms in total. The fourth-order valence-corrected chi connectivity index (χ4v) is 6.71. The van der Waals surface area contributed by atoms with Crippen LogP contribution in [0.2, 0.25) is 0 Å². The van der Waals surface area contributed by atoms with E-state index in [1.54, 1.807) is 11.8 Å². The summed E-state index contributed by atoms with van der Waals surface area (Å²) >= 11 is 1.73. The number of nitriles is 1. The number of amides is 1. The molecule has 0 bridgehead atoms. The normalized spacial score (nSPS) is 22.1. The van der Waals surface area contributed by atoms with Gasteiger partial charge in [0.1, 0.15) is 11.9 Å². The minimum Gasteiger partial charge on any atom is -0.376 e. The third kappa shape index (κ3) is 4.33. The number of carbonyl (C=O) groups excluding carboxylic acids is 1. The van der Waals surface area contributed by atoms with E-state index in [1.165, 1.54) is 23.2 Å². The fourth-order valence-electron chi connectivity index (χ4n) is 5.54. The lowest BCUT2D eigenvalue weighted by molar-refractivity contribution is -0.113. The molecule has 1 N–H and O–H groups in total. The van der Waals surface area contributed by atoms with E-state index in [0.717, 1.165) is 70.1 Å². The molecule has 168 valence electrons. The van der Waals surface area contributed by atoms with Crippen LogP contribution >= 0.6 is 11.8 Å². The number of rotatable bonds is 6. The second kappa shape index (κ2) is 9.72. The van der Waals surface area contributed by atoms with Gasteiger partial charge in [-0.3, -0.25) is 4.79 Å². The highest BCUT2D eigenvalue weighted by Crippen LogP contribution is 2.40. The highest BCUT2D eigenvalue weighted by Gasteiger charge is 2.29. The minimum absolute atomic E-state index is 0.0157. The van der Waals surface area contributed by atoms with Crippen molar-refractivity contribution in [2.75, 3.05) is 17.7 Å². The molecule has 1 aliphatic heterocycles. The molecular formula is C26H31N3O2S. The molecule has 1 amide bonds. The number of benzene rings is 1. The third-order valence-corrected chi connectivity index (χ3v) is 8.40. The van der Waals surface area contributed by atoms with Crippen molar-refractivity contribution in [1.82, 2.24) is 4.57 Å². The number of aromatic nitrogens is 1. The first kappa shape index (κ1) is 21.6. The number of carbonyl (C=O) groups is 1. The van der Waals surface area contributed by atoms with Crippen LogP contribution in [0.15, 0.2) is 24.3 Å². The molecule has 6 heteroatoms. The largest absolute Gasteiger partial charge is 0.376 e. The van der Waals surface area contributed by atoms with Crippen LogP contribution in [0, 0.1) is 11.3 Å². The summed E-state index contributed by atoms with van der Waals surface area (Å²) in [6, 6.07) is 11.0. The summed E-state index contributed by atoms with van der Waals surface area (Å²) in [6.07, 6.45) is 9.85. The van der Waals surface area contributed by atoms with Gasteiger partial charge in [-0.2, -0.15) is 5.26 Å². The number of nitrogens with one attached hydrogen (secondary N) is 1. The lowest BCUT2D eigenvalue weighted by Crippen LogP contribution is -2.23. The second-order valence-electron chi connectivity index (χ2n) is 9.15. The first-order valence-corrected chi connectivity index (χ1v) is 13.0. The molecule has 2 unspecified atom stereocenters. The lowest BCUT2D eigenvalue weighted by atomic mass is 9.91. The Morgan fingerprint density at radius 1 is 1.16 bits per heavy atom. The van der Waals surface area contributed by atoms with Crippen LogP contribution in [0.4, 0.5) is 5.82 Å². The summed E-state index contributed by atoms with van der Waals surface area (Å²) in [4.78, 5) is 13.1. The summed E-state index contributed by atoms with van der Waals surface area (Å²) in [5, 5.41) is 13.5. The third-order valence-electron chi connectivity index (χ3n) is 7.08. The Hall–Kier alpha value is -2.23. The average Bonchev–Trinajstić information content (AvgIpc) is 3.44. The Balaban J connectivity index is 1.33. The van der Waals surface area contributed by atoms with Gasteiger partial charge < -0.3 is 14.6 Å². The molecule has 2 atom stereocenters. The number of ether oxygens (including phenoxy) is 1. The summed E-state index contributed by atoms with van der Waals surface area (Å²) in [7, 11) is 0. The molecule has 1 aromatic carbocycles. The van der Waals surface area contributed by atoms with Gasteiger partial charge >= 0.3 is 0 Å². The first-order valence-electron chi connectivity index (χ1n) is 12.0. The van der Waals surface area contributed by atoms with Gasteiger partial charge in [-0.25, -0.2) is 0 Å². The van der Waals surface area contributed by atoms with E-state index in [4.69, 9.17) is 4.74 Å². The lowest BCUT2D eigenvalue weighted by Gasteiger charge is -2.25. The van der Waals surface area contributed by atoms with Crippen molar-refractivity contribution in [2.45, 2.75) is 75.7 Å². The van der Waals surface area contributed by atoms with Crippen molar-refractivity contribution >= 4 is 23.5 Å². The van der Waals surface area contributed by atoms with E-state index in [0.29, 0.717) is 22.4 Å². The van der Waals surface area contributed by atoms with E-state index >= 15 is 0 Å². The number of aryl methyl sites for hydroxylation is 1. The number of hydrogen-bond acceptors (Lipinski definition) is 4. The minimum atomic E-state index is -0.0157. The van der Waals surface area contributed by atoms with Crippen molar-refractivity contribution in [3.63, 3.8) is 0 Å². The van der Waals surface area contributed by atoms with E-state index in [1.807, 2.05) is 0 Å². The Bertz CT molecular complexity index is 1030. The van der Waals surface area contributed by atoms with Crippen LogP contribution < -0.4 is 5.32 Å². The Labute approximate surface area is 194 Å². The quantitative estimate of drug-likeness (QED) is 0.661. The molecule has 32 heavy (non-hydrogen) atoms. The van der Waals surface area contributed by atoms with E-state index in [9.17, 15) is 10.1 Å². The fraction of sp³-hybridized carbons (Fsp3) is 0.538. The van der Waals surface area contributed by atoms with Crippen LogP contribution in [0.5, 0.6) is 0 Å². The van der Waals surface area contributed by atoms with Gasteiger partial charge in [0.05, 0.1) is 24.0 Å². The van der Waals surface area contributed by atoms with Crippen LogP contribution in [0.3, 0.4) is 0 Å². The number of anilines is 1. The number of nitrogens with zero attached hydrogens (tertiary/aromatic N) is 2. The first-order chi connectivity index (χ1) is 15.7. The molecule has 0 spiro atoms. The number of hydrogen-bond donors (Lipinski definition) is 1. The van der Waals surface area contributed by atoms with Crippen molar-refractivity contribution < 1.29 is 9.53 Å². The zero-order valence-electron chi connectivity index (χ0n) is 18.6. The molecule has 5 rings (SSSR count). The predicted octanol–water partition coefficient (Wildman–Crippen LogP) is 5.17. The van der Waals surface area contributed by atoms with Crippen LogP contribution in [-0.2, 0) is 35.3 Å². The highest BCUT2D eigenvalue weighted by molar-refractivity contribution is 8.00. The van der Waals surface area contributed by atoms with Gasteiger partial charge in [0.15, 0.2) is 0 Å². The van der Waals surface area contributed by atoms with Gasteiger partial charge in [-0.05, 0) is 74.5 Å². The van der Waals surface area contributed by atoms with Gasteiger partial charge in [-0.1, -0.05) is 24.3 Å². The van der Waals surface area contributed by atoms with Crippen molar-refractivity contribution in [2.24, 2.45) is 0 Å². The zero-order chi connectivity index (χ0) is 21.9. The second-order valence-corrected chi connectivity index (χ2v) is 10.3. The number of thioether (sulfide) groups is 1. The summed E-state index contributed by atoms with van der Waals surface area (Å²) in [5.74, 6) is 1.09. The SMILES string of the molecule is N#Cc1c2c(n(CC3CCCO3)c1NC(=O)CSC1CCCc3ccccc31)CCCC2. The molecule has 2 aromatic rings. The van der Waals surface area contributed by atoms with Gasteiger partial charge in [0, 0.05) is 17.6 Å². The Morgan fingerprint density at radius 3 is 2.88 bits per heavy atom. The molecule has 2 aliphatic carbocycles. The molecule has 0 radical (unpaired) electrons. The monoisotopic (exact) mass is 449 g/mol. The molecule has 3 aliphatic rings. The molecule has 0 saturated carbocycles. The van der Waals surface area contributed by atoms with Gasteiger partial charge in [0.2, 0.25) is 5.91 Å². The van der Waals surface area contributed by atoms with E-state index in [-0.39, 0.29) is 12.0 Å². The van der Waals surface area contributed by atoms with Crippen LogP contribution in [-0.4, -0.2) is 28.9 Å². The molecule has 1 saturated heterocycles. The molecule has 1 fully saturated rings. The Morgan fingerprint density at radius 2 is 2.03 bits per heavy atom. The van der Waals surface area contributed by atoms with Crippen molar-refractivity contribution in [3.8, 4) is 6.07 Å². The smallest absolute Gasteiger partial charge is 0.235 e. The molecular weight excluding hydrogens is 418 g/mol. The van der Waals surface area contributed by atoms with Crippen LogP contribution in [0.25, 0.3) is 0 Å². The summed E-state index contributed by atoms with van der Waals surface area (Å²) < 4.78 is 8.09. The maximum absolute atomic E-state index is 13.1. The average molecular weight is 450 g/mol. The Kier molecular flexibility index (Phi) is 6.56. The predicted molar refractivity (Wildman–Crippen MR) is 128 cm³/mol. The number of fused-ring (bicyclic) bond motifs is 2. The topological polar surface area (TPSA) is 67.1 Å². The summed E-state index contributed by atoms with van der Waals surface area (Å²) in [6.45, 7) is 1.53.